The maximum absolute atomic E-state index is 12.6. The summed E-state index contributed by atoms with van der Waals surface area (Å²) in [6, 6.07) is 8.08. The number of nitrogens with zero attached hydrogens (tertiary/aromatic N) is 1. The summed E-state index contributed by atoms with van der Waals surface area (Å²) in [4.78, 5) is 15.0. The van der Waals surface area contributed by atoms with Crippen LogP contribution in [0.4, 0.5) is 0 Å². The number of ether oxygens (including phenoxy) is 2. The van der Waals surface area contributed by atoms with Crippen LogP contribution in [0.3, 0.4) is 0 Å². The highest BCUT2D eigenvalue weighted by atomic mass is 16.5. The number of hydrogen-bond donors (Lipinski definition) is 1. The molecule has 0 spiro atoms. The van der Waals surface area contributed by atoms with Crippen LogP contribution in [-0.4, -0.2) is 50.8 Å². The minimum Gasteiger partial charge on any atom is -0.497 e. The molecule has 2 aliphatic heterocycles. The third kappa shape index (κ3) is 5.44. The molecule has 5 nitrogen and oxygen atoms in total. The first kappa shape index (κ1) is 18.2. The zero-order valence-corrected chi connectivity index (χ0v) is 15.2. The van der Waals surface area contributed by atoms with E-state index in [-0.39, 0.29) is 11.9 Å². The molecule has 0 bridgehead atoms. The van der Waals surface area contributed by atoms with Gasteiger partial charge in [-0.05, 0) is 62.4 Å². The van der Waals surface area contributed by atoms with E-state index in [2.05, 4.69) is 22.3 Å². The monoisotopic (exact) mass is 346 g/mol. The van der Waals surface area contributed by atoms with E-state index in [0.717, 1.165) is 50.4 Å². The van der Waals surface area contributed by atoms with Crippen LogP contribution in [0, 0.1) is 5.92 Å². The maximum Gasteiger partial charge on any atom is 0.220 e. The first-order valence-electron chi connectivity index (χ1n) is 9.48. The highest BCUT2D eigenvalue weighted by Gasteiger charge is 2.23. The molecule has 0 radical (unpaired) electrons. The molecule has 25 heavy (non-hydrogen) atoms. The topological polar surface area (TPSA) is 50.8 Å². The van der Waals surface area contributed by atoms with E-state index in [4.69, 9.17) is 9.47 Å². The third-order valence-electron chi connectivity index (χ3n) is 5.22. The van der Waals surface area contributed by atoms with E-state index in [9.17, 15) is 4.79 Å². The fraction of sp³-hybridized carbons (Fsp3) is 0.650. The second kappa shape index (κ2) is 9.20. The van der Waals surface area contributed by atoms with Gasteiger partial charge in [-0.25, -0.2) is 0 Å². The number of carbonyl (C=O) groups is 1. The first-order valence-corrected chi connectivity index (χ1v) is 9.48. The Morgan fingerprint density at radius 1 is 1.28 bits per heavy atom. The van der Waals surface area contributed by atoms with Crippen molar-refractivity contribution < 1.29 is 14.3 Å². The average molecular weight is 346 g/mol. The van der Waals surface area contributed by atoms with Gasteiger partial charge in [0.05, 0.1) is 13.2 Å². The number of nitrogens with one attached hydrogen (secondary N) is 1. The molecule has 5 heteroatoms. The van der Waals surface area contributed by atoms with Crippen LogP contribution >= 0.6 is 0 Å². The van der Waals surface area contributed by atoms with Crippen LogP contribution in [0.5, 0.6) is 5.75 Å². The summed E-state index contributed by atoms with van der Waals surface area (Å²) in [5.41, 5.74) is 1.14. The van der Waals surface area contributed by atoms with E-state index in [1.165, 1.54) is 12.8 Å². The van der Waals surface area contributed by atoms with Crippen LogP contribution in [0.25, 0.3) is 0 Å². The first-order chi connectivity index (χ1) is 12.2. The predicted octanol–water partition coefficient (Wildman–Crippen LogP) is 2.77. The number of carbonyl (C=O) groups excluding carboxylic acids is 1. The lowest BCUT2D eigenvalue weighted by atomic mass is 9.97. The minimum atomic E-state index is 0.0287. The quantitative estimate of drug-likeness (QED) is 0.825. The molecular weight excluding hydrogens is 316 g/mol. The summed E-state index contributed by atoms with van der Waals surface area (Å²) >= 11 is 0. The van der Waals surface area contributed by atoms with Crippen molar-refractivity contribution in [3.8, 4) is 5.75 Å². The predicted molar refractivity (Wildman–Crippen MR) is 97.7 cm³/mol. The summed E-state index contributed by atoms with van der Waals surface area (Å²) in [6.45, 7) is 4.67. The summed E-state index contributed by atoms with van der Waals surface area (Å²) in [5, 5.41) is 3.27. The molecule has 1 amide bonds. The fourth-order valence-electron chi connectivity index (χ4n) is 3.78. The van der Waals surface area contributed by atoms with Gasteiger partial charge in [-0.3, -0.25) is 4.79 Å². The van der Waals surface area contributed by atoms with E-state index in [0.29, 0.717) is 18.9 Å². The lowest BCUT2D eigenvalue weighted by molar-refractivity contribution is -0.124. The van der Waals surface area contributed by atoms with Crippen molar-refractivity contribution in [3.05, 3.63) is 29.8 Å². The average Bonchev–Trinajstić information content (AvgIpc) is 3.15. The molecule has 2 fully saturated rings. The van der Waals surface area contributed by atoms with Crippen molar-refractivity contribution in [2.45, 2.75) is 38.1 Å². The molecule has 2 aliphatic rings. The van der Waals surface area contributed by atoms with Gasteiger partial charge < -0.3 is 19.7 Å². The van der Waals surface area contributed by atoms with Crippen LogP contribution in [0.2, 0.25) is 0 Å². The summed E-state index contributed by atoms with van der Waals surface area (Å²) in [6.07, 6.45) is 5.22. The van der Waals surface area contributed by atoms with Gasteiger partial charge in [-0.2, -0.15) is 0 Å². The molecule has 2 atom stereocenters. The van der Waals surface area contributed by atoms with Crippen molar-refractivity contribution in [1.82, 2.24) is 10.2 Å². The van der Waals surface area contributed by atoms with Gasteiger partial charge in [0, 0.05) is 26.2 Å². The summed E-state index contributed by atoms with van der Waals surface area (Å²) < 4.78 is 10.8. The SMILES string of the molecule is COc1ccc([C@H](CN2CCCC2)NC(=O)C[C@H]2CCCOC2)cc1. The smallest absolute Gasteiger partial charge is 0.220 e. The number of likely N-dealkylation sites (tertiary alicyclic amines) is 1. The number of rotatable bonds is 7. The van der Waals surface area contributed by atoms with Gasteiger partial charge in [0.2, 0.25) is 5.91 Å². The molecule has 138 valence electrons. The van der Waals surface area contributed by atoms with Gasteiger partial charge in [-0.15, -0.1) is 0 Å². The molecule has 1 aromatic carbocycles. The molecule has 0 aromatic heterocycles. The van der Waals surface area contributed by atoms with Gasteiger partial charge in [0.1, 0.15) is 5.75 Å². The molecular formula is C20H30N2O3. The van der Waals surface area contributed by atoms with E-state index >= 15 is 0 Å². The summed E-state index contributed by atoms with van der Waals surface area (Å²) in [5.74, 6) is 1.34. The molecule has 0 aliphatic carbocycles. The number of benzene rings is 1. The summed E-state index contributed by atoms with van der Waals surface area (Å²) in [7, 11) is 1.67. The molecule has 3 rings (SSSR count). The largest absolute Gasteiger partial charge is 0.497 e. The molecule has 0 saturated carbocycles. The lowest BCUT2D eigenvalue weighted by Crippen LogP contribution is -2.38. The zero-order chi connectivity index (χ0) is 17.5. The van der Waals surface area contributed by atoms with Crippen molar-refractivity contribution >= 4 is 5.91 Å². The van der Waals surface area contributed by atoms with Gasteiger partial charge in [-0.1, -0.05) is 12.1 Å². The molecule has 2 saturated heterocycles. The van der Waals surface area contributed by atoms with Crippen LogP contribution in [0.1, 0.15) is 43.7 Å². The van der Waals surface area contributed by atoms with Gasteiger partial charge in [0.25, 0.3) is 0 Å². The van der Waals surface area contributed by atoms with Crippen molar-refractivity contribution in [2.75, 3.05) is 40.0 Å². The Morgan fingerprint density at radius 3 is 2.68 bits per heavy atom. The fourth-order valence-corrected chi connectivity index (χ4v) is 3.78. The Labute approximate surface area is 150 Å². The lowest BCUT2D eigenvalue weighted by Gasteiger charge is -2.27. The van der Waals surface area contributed by atoms with Crippen LogP contribution in [-0.2, 0) is 9.53 Å². The van der Waals surface area contributed by atoms with Crippen LogP contribution < -0.4 is 10.1 Å². The number of hydrogen-bond acceptors (Lipinski definition) is 4. The van der Waals surface area contributed by atoms with E-state index in [1.54, 1.807) is 7.11 Å². The second-order valence-electron chi connectivity index (χ2n) is 7.19. The van der Waals surface area contributed by atoms with Crippen molar-refractivity contribution in [3.63, 3.8) is 0 Å². The Morgan fingerprint density at radius 2 is 2.04 bits per heavy atom. The highest BCUT2D eigenvalue weighted by Crippen LogP contribution is 2.22. The Bertz CT molecular complexity index is 534. The molecule has 1 N–H and O–H groups in total. The maximum atomic E-state index is 12.6. The number of amides is 1. The Balaban J connectivity index is 1.62. The Hall–Kier alpha value is -1.59. The Kier molecular flexibility index (Phi) is 6.70. The van der Waals surface area contributed by atoms with Crippen LogP contribution in [0.15, 0.2) is 24.3 Å². The van der Waals surface area contributed by atoms with Crippen molar-refractivity contribution in [1.29, 1.82) is 0 Å². The normalized spacial score (nSPS) is 22.5. The van der Waals surface area contributed by atoms with Gasteiger partial charge >= 0.3 is 0 Å². The molecule has 1 aromatic rings. The van der Waals surface area contributed by atoms with Crippen molar-refractivity contribution in [2.24, 2.45) is 5.92 Å². The van der Waals surface area contributed by atoms with Gasteiger partial charge in [0.15, 0.2) is 0 Å². The second-order valence-corrected chi connectivity index (χ2v) is 7.19. The molecule has 2 heterocycles. The minimum absolute atomic E-state index is 0.0287. The van der Waals surface area contributed by atoms with E-state index < -0.39 is 0 Å². The molecule has 0 unspecified atom stereocenters. The zero-order valence-electron chi connectivity index (χ0n) is 15.2. The number of methoxy groups -OCH3 is 1. The van der Waals surface area contributed by atoms with E-state index in [1.807, 2.05) is 12.1 Å². The standard InChI is InChI=1S/C20H30N2O3/c1-24-18-8-6-17(7-9-18)19(14-22-10-2-3-11-22)21-20(23)13-16-5-4-12-25-15-16/h6-9,16,19H,2-5,10-15H2,1H3,(H,21,23)/t16-,19+/m1/s1. The highest BCUT2D eigenvalue weighted by molar-refractivity contribution is 5.76. The third-order valence-corrected chi connectivity index (χ3v) is 5.22.